The lowest BCUT2D eigenvalue weighted by molar-refractivity contribution is 0.0954. The molecule has 3 aromatic rings. The number of rotatable bonds is 7. The van der Waals surface area contributed by atoms with E-state index in [-0.39, 0.29) is 5.91 Å². The number of aryl methyl sites for hydroxylation is 1. The highest BCUT2D eigenvalue weighted by Gasteiger charge is 2.11. The Bertz CT molecular complexity index is 839. The van der Waals surface area contributed by atoms with E-state index in [9.17, 15) is 4.79 Å². The SMILES string of the molecule is CC(C)CCn1c(CCNC(=O)c2ccncc2)nc2ccccc21. The molecule has 1 N–H and O–H groups in total. The van der Waals surface area contributed by atoms with Gasteiger partial charge in [-0.1, -0.05) is 26.0 Å². The van der Waals surface area contributed by atoms with E-state index >= 15 is 0 Å². The molecular weight excluding hydrogens is 312 g/mol. The van der Waals surface area contributed by atoms with Crippen LogP contribution in [0, 0.1) is 5.92 Å². The van der Waals surface area contributed by atoms with Crippen molar-refractivity contribution in [2.24, 2.45) is 5.92 Å². The number of nitrogens with one attached hydrogen (secondary N) is 1. The smallest absolute Gasteiger partial charge is 0.251 e. The molecule has 0 fully saturated rings. The van der Waals surface area contributed by atoms with Gasteiger partial charge in [-0.05, 0) is 36.6 Å². The fourth-order valence-electron chi connectivity index (χ4n) is 2.85. The monoisotopic (exact) mass is 336 g/mol. The first-order chi connectivity index (χ1) is 12.1. The summed E-state index contributed by atoms with van der Waals surface area (Å²) in [5, 5.41) is 2.96. The highest BCUT2D eigenvalue weighted by atomic mass is 16.1. The Labute approximate surface area is 148 Å². The lowest BCUT2D eigenvalue weighted by atomic mass is 10.1. The first kappa shape index (κ1) is 17.1. The Balaban J connectivity index is 1.70. The fourth-order valence-corrected chi connectivity index (χ4v) is 2.85. The zero-order valence-electron chi connectivity index (χ0n) is 14.8. The predicted octanol–water partition coefficient (Wildman–Crippen LogP) is 3.45. The maximum atomic E-state index is 12.1. The van der Waals surface area contributed by atoms with Crippen LogP contribution in [0.4, 0.5) is 0 Å². The van der Waals surface area contributed by atoms with Crippen LogP contribution in [0.25, 0.3) is 11.0 Å². The molecule has 130 valence electrons. The molecule has 0 aliphatic heterocycles. The normalized spacial score (nSPS) is 11.2. The number of amides is 1. The first-order valence-electron chi connectivity index (χ1n) is 8.77. The second-order valence-corrected chi connectivity index (χ2v) is 6.59. The summed E-state index contributed by atoms with van der Waals surface area (Å²) in [5.41, 5.74) is 2.81. The van der Waals surface area contributed by atoms with Crippen LogP contribution in [0.15, 0.2) is 48.8 Å². The minimum Gasteiger partial charge on any atom is -0.352 e. The van der Waals surface area contributed by atoms with Gasteiger partial charge in [-0.25, -0.2) is 4.98 Å². The molecule has 0 bridgehead atoms. The number of fused-ring (bicyclic) bond motifs is 1. The van der Waals surface area contributed by atoms with Crippen molar-refractivity contribution in [1.29, 1.82) is 0 Å². The number of imidazole rings is 1. The average Bonchev–Trinajstić information content (AvgIpc) is 2.98. The van der Waals surface area contributed by atoms with Crippen LogP contribution in [-0.4, -0.2) is 27.0 Å². The van der Waals surface area contributed by atoms with E-state index in [1.807, 2.05) is 18.2 Å². The number of aromatic nitrogens is 3. The predicted molar refractivity (Wildman–Crippen MR) is 99.5 cm³/mol. The molecule has 2 aromatic heterocycles. The standard InChI is InChI=1S/C20H24N4O/c1-15(2)10-14-24-18-6-4-3-5-17(18)23-19(24)9-13-22-20(25)16-7-11-21-12-8-16/h3-8,11-12,15H,9-10,13-14H2,1-2H3,(H,22,25). The summed E-state index contributed by atoms with van der Waals surface area (Å²) in [6, 6.07) is 11.6. The van der Waals surface area contributed by atoms with Gasteiger partial charge in [0.15, 0.2) is 0 Å². The summed E-state index contributed by atoms with van der Waals surface area (Å²) in [7, 11) is 0. The van der Waals surface area contributed by atoms with Crippen LogP contribution in [0.2, 0.25) is 0 Å². The molecule has 0 saturated heterocycles. The van der Waals surface area contributed by atoms with Crippen molar-refractivity contribution in [2.45, 2.75) is 33.2 Å². The Morgan fingerprint density at radius 2 is 1.92 bits per heavy atom. The molecule has 5 heteroatoms. The molecule has 1 aromatic carbocycles. The average molecular weight is 336 g/mol. The zero-order valence-corrected chi connectivity index (χ0v) is 14.8. The molecular formula is C20H24N4O. The second-order valence-electron chi connectivity index (χ2n) is 6.59. The summed E-state index contributed by atoms with van der Waals surface area (Å²) in [6.45, 7) is 5.97. The molecule has 0 atom stereocenters. The number of carbonyl (C=O) groups is 1. The summed E-state index contributed by atoms with van der Waals surface area (Å²) in [5.74, 6) is 1.59. The molecule has 0 spiro atoms. The van der Waals surface area contributed by atoms with Crippen LogP contribution in [0.5, 0.6) is 0 Å². The molecule has 5 nitrogen and oxygen atoms in total. The van der Waals surface area contributed by atoms with Gasteiger partial charge in [0, 0.05) is 37.5 Å². The van der Waals surface area contributed by atoms with Crippen LogP contribution in [-0.2, 0) is 13.0 Å². The fraction of sp³-hybridized carbons (Fsp3) is 0.350. The number of nitrogens with zero attached hydrogens (tertiary/aromatic N) is 3. The third-order valence-electron chi connectivity index (χ3n) is 4.24. The Morgan fingerprint density at radius 3 is 2.68 bits per heavy atom. The van der Waals surface area contributed by atoms with Gasteiger partial charge in [-0.3, -0.25) is 9.78 Å². The van der Waals surface area contributed by atoms with Crippen molar-refractivity contribution in [2.75, 3.05) is 6.54 Å². The third kappa shape index (κ3) is 4.24. The zero-order chi connectivity index (χ0) is 17.6. The van der Waals surface area contributed by atoms with Crippen molar-refractivity contribution in [3.63, 3.8) is 0 Å². The second kappa shape index (κ2) is 7.92. The lowest BCUT2D eigenvalue weighted by Crippen LogP contribution is -2.26. The molecule has 0 radical (unpaired) electrons. The van der Waals surface area contributed by atoms with Gasteiger partial charge in [0.1, 0.15) is 5.82 Å². The van der Waals surface area contributed by atoms with Gasteiger partial charge in [0.2, 0.25) is 0 Å². The molecule has 1 amide bonds. The first-order valence-corrected chi connectivity index (χ1v) is 8.77. The number of carbonyl (C=O) groups excluding carboxylic acids is 1. The molecule has 0 unspecified atom stereocenters. The van der Waals surface area contributed by atoms with E-state index in [4.69, 9.17) is 4.98 Å². The number of para-hydroxylation sites is 2. The minimum atomic E-state index is -0.0766. The third-order valence-corrected chi connectivity index (χ3v) is 4.24. The highest BCUT2D eigenvalue weighted by molar-refractivity contribution is 5.93. The van der Waals surface area contributed by atoms with E-state index < -0.39 is 0 Å². The largest absolute Gasteiger partial charge is 0.352 e. The summed E-state index contributed by atoms with van der Waals surface area (Å²) in [6.07, 6.45) is 5.07. The van der Waals surface area contributed by atoms with Crippen molar-refractivity contribution in [3.8, 4) is 0 Å². The molecule has 0 aliphatic rings. The maximum Gasteiger partial charge on any atom is 0.251 e. The van der Waals surface area contributed by atoms with E-state index in [0.717, 1.165) is 24.3 Å². The van der Waals surface area contributed by atoms with Crippen molar-refractivity contribution >= 4 is 16.9 Å². The van der Waals surface area contributed by atoms with Gasteiger partial charge < -0.3 is 9.88 Å². The van der Waals surface area contributed by atoms with Crippen LogP contribution in [0.3, 0.4) is 0 Å². The Hall–Kier alpha value is -2.69. The molecule has 2 heterocycles. The van der Waals surface area contributed by atoms with E-state index in [0.29, 0.717) is 24.4 Å². The van der Waals surface area contributed by atoms with Crippen molar-refractivity contribution < 1.29 is 4.79 Å². The van der Waals surface area contributed by atoms with Crippen LogP contribution >= 0.6 is 0 Å². The van der Waals surface area contributed by atoms with E-state index in [1.54, 1.807) is 24.5 Å². The van der Waals surface area contributed by atoms with Crippen LogP contribution in [0.1, 0.15) is 36.5 Å². The van der Waals surface area contributed by atoms with Gasteiger partial charge in [0.25, 0.3) is 5.91 Å². The van der Waals surface area contributed by atoms with Crippen LogP contribution < -0.4 is 5.32 Å². The van der Waals surface area contributed by atoms with E-state index in [2.05, 4.69) is 34.8 Å². The van der Waals surface area contributed by atoms with Crippen molar-refractivity contribution in [1.82, 2.24) is 19.9 Å². The maximum absolute atomic E-state index is 12.1. The van der Waals surface area contributed by atoms with Gasteiger partial charge >= 0.3 is 0 Å². The molecule has 25 heavy (non-hydrogen) atoms. The molecule has 3 rings (SSSR count). The quantitative estimate of drug-likeness (QED) is 0.719. The number of benzene rings is 1. The van der Waals surface area contributed by atoms with Gasteiger partial charge in [-0.2, -0.15) is 0 Å². The van der Waals surface area contributed by atoms with Gasteiger partial charge in [-0.15, -0.1) is 0 Å². The van der Waals surface area contributed by atoms with E-state index in [1.165, 1.54) is 5.52 Å². The summed E-state index contributed by atoms with van der Waals surface area (Å²) >= 11 is 0. The Morgan fingerprint density at radius 1 is 1.16 bits per heavy atom. The number of pyridine rings is 1. The minimum absolute atomic E-state index is 0.0766. The number of hydrogen-bond donors (Lipinski definition) is 1. The summed E-state index contributed by atoms with van der Waals surface area (Å²) < 4.78 is 2.29. The van der Waals surface area contributed by atoms with Crippen molar-refractivity contribution in [3.05, 3.63) is 60.2 Å². The molecule has 0 saturated carbocycles. The van der Waals surface area contributed by atoms with Gasteiger partial charge in [0.05, 0.1) is 11.0 Å². The topological polar surface area (TPSA) is 59.8 Å². The number of hydrogen-bond acceptors (Lipinski definition) is 3. The lowest BCUT2D eigenvalue weighted by Gasteiger charge is -2.11. The Kier molecular flexibility index (Phi) is 5.43. The molecule has 0 aliphatic carbocycles. The summed E-state index contributed by atoms with van der Waals surface area (Å²) in [4.78, 5) is 20.8. The highest BCUT2D eigenvalue weighted by Crippen LogP contribution is 2.18.